The predicted molar refractivity (Wildman–Crippen MR) is 51.1 cm³/mol. The lowest BCUT2D eigenvalue weighted by molar-refractivity contribution is -0.119. The Labute approximate surface area is 77.8 Å². The van der Waals surface area contributed by atoms with E-state index in [1.54, 1.807) is 0 Å². The normalized spacial score (nSPS) is 31.3. The number of primary amides is 1. The molecule has 13 heavy (non-hydrogen) atoms. The fourth-order valence-corrected chi connectivity index (χ4v) is 1.92. The van der Waals surface area contributed by atoms with Crippen LogP contribution in [0.1, 0.15) is 18.9 Å². The predicted octanol–water partition coefficient (Wildman–Crippen LogP) is 1.45. The zero-order chi connectivity index (χ0) is 9.47. The lowest BCUT2D eigenvalue weighted by Gasteiger charge is -2.09. The molecule has 68 valence electrons. The Kier molecular flexibility index (Phi) is 1.65. The third-order valence-electron chi connectivity index (χ3n) is 3.01. The van der Waals surface area contributed by atoms with Gasteiger partial charge in [0.25, 0.3) is 0 Å². The average Bonchev–Trinajstić information content (AvgIpc) is 2.82. The van der Waals surface area contributed by atoms with Gasteiger partial charge < -0.3 is 5.73 Å². The SMILES string of the molecule is C[C@]1(c2ccccc2)C[C@H]1C(N)=O. The first-order valence-corrected chi connectivity index (χ1v) is 4.49. The molecule has 2 N–H and O–H groups in total. The van der Waals surface area contributed by atoms with Gasteiger partial charge in [0.2, 0.25) is 5.91 Å². The molecule has 1 aliphatic carbocycles. The number of carbonyl (C=O) groups excluding carboxylic acids is 1. The standard InChI is InChI=1S/C11H13NO/c1-11(7-9(11)10(12)13)8-5-3-2-4-6-8/h2-6,9H,7H2,1H3,(H2,12,13)/t9-,11+/m0/s1. The second-order valence-corrected chi connectivity index (χ2v) is 3.94. The molecule has 2 rings (SSSR count). The second-order valence-electron chi connectivity index (χ2n) is 3.94. The van der Waals surface area contributed by atoms with E-state index in [0.29, 0.717) is 0 Å². The highest BCUT2D eigenvalue weighted by molar-refractivity contribution is 5.82. The third-order valence-corrected chi connectivity index (χ3v) is 3.01. The highest BCUT2D eigenvalue weighted by Crippen LogP contribution is 2.53. The van der Waals surface area contributed by atoms with Crippen molar-refractivity contribution in [3.05, 3.63) is 35.9 Å². The molecule has 2 heteroatoms. The Morgan fingerprint density at radius 1 is 1.46 bits per heavy atom. The van der Waals surface area contributed by atoms with E-state index in [9.17, 15) is 4.79 Å². The van der Waals surface area contributed by atoms with Crippen molar-refractivity contribution in [1.29, 1.82) is 0 Å². The largest absolute Gasteiger partial charge is 0.369 e. The highest BCUT2D eigenvalue weighted by Gasteiger charge is 2.54. The van der Waals surface area contributed by atoms with Crippen molar-refractivity contribution in [1.82, 2.24) is 0 Å². The van der Waals surface area contributed by atoms with Crippen LogP contribution in [-0.4, -0.2) is 5.91 Å². The van der Waals surface area contributed by atoms with E-state index in [4.69, 9.17) is 5.73 Å². The molecule has 0 aromatic heterocycles. The summed E-state index contributed by atoms with van der Waals surface area (Å²) in [7, 11) is 0. The lowest BCUT2D eigenvalue weighted by atomic mass is 9.95. The van der Waals surface area contributed by atoms with Gasteiger partial charge in [-0.05, 0) is 12.0 Å². The minimum atomic E-state index is -0.175. The molecule has 1 aliphatic rings. The van der Waals surface area contributed by atoms with E-state index >= 15 is 0 Å². The van der Waals surface area contributed by atoms with Gasteiger partial charge in [0, 0.05) is 11.3 Å². The van der Waals surface area contributed by atoms with Crippen molar-refractivity contribution < 1.29 is 4.79 Å². The van der Waals surface area contributed by atoms with Crippen molar-refractivity contribution in [2.24, 2.45) is 11.7 Å². The summed E-state index contributed by atoms with van der Waals surface area (Å²) in [5.74, 6) is -0.138. The summed E-state index contributed by atoms with van der Waals surface area (Å²) in [6.07, 6.45) is 0.895. The maximum atomic E-state index is 11.0. The zero-order valence-corrected chi connectivity index (χ0v) is 7.66. The van der Waals surface area contributed by atoms with Crippen LogP contribution in [0.3, 0.4) is 0 Å². The topological polar surface area (TPSA) is 43.1 Å². The monoisotopic (exact) mass is 175 g/mol. The Hall–Kier alpha value is -1.31. The van der Waals surface area contributed by atoms with Gasteiger partial charge in [-0.15, -0.1) is 0 Å². The summed E-state index contributed by atoms with van der Waals surface area (Å²) in [5, 5.41) is 0. The maximum absolute atomic E-state index is 11.0. The summed E-state index contributed by atoms with van der Waals surface area (Å²) in [4.78, 5) is 11.0. The van der Waals surface area contributed by atoms with Gasteiger partial charge in [0.15, 0.2) is 0 Å². The van der Waals surface area contributed by atoms with Gasteiger partial charge in [0.1, 0.15) is 0 Å². The van der Waals surface area contributed by atoms with E-state index < -0.39 is 0 Å². The van der Waals surface area contributed by atoms with Crippen LogP contribution in [0, 0.1) is 5.92 Å². The van der Waals surface area contributed by atoms with Crippen LogP contribution in [0.2, 0.25) is 0 Å². The quantitative estimate of drug-likeness (QED) is 0.726. The first-order chi connectivity index (χ1) is 6.14. The number of benzene rings is 1. The number of amides is 1. The van der Waals surface area contributed by atoms with Gasteiger partial charge in [0.05, 0.1) is 0 Å². The lowest BCUT2D eigenvalue weighted by Crippen LogP contribution is -2.19. The van der Waals surface area contributed by atoms with Crippen molar-refractivity contribution in [3.63, 3.8) is 0 Å². The molecule has 0 unspecified atom stereocenters. The molecular formula is C11H13NO. The number of hydrogen-bond donors (Lipinski definition) is 1. The van der Waals surface area contributed by atoms with Crippen LogP contribution in [0.4, 0.5) is 0 Å². The molecule has 0 heterocycles. The molecule has 0 spiro atoms. The molecule has 0 bridgehead atoms. The van der Waals surface area contributed by atoms with E-state index in [1.165, 1.54) is 5.56 Å². The highest BCUT2D eigenvalue weighted by atomic mass is 16.1. The fraction of sp³-hybridized carbons (Fsp3) is 0.364. The van der Waals surface area contributed by atoms with Crippen molar-refractivity contribution in [2.75, 3.05) is 0 Å². The Morgan fingerprint density at radius 3 is 2.54 bits per heavy atom. The summed E-state index contributed by atoms with van der Waals surface area (Å²) in [6, 6.07) is 10.1. The first-order valence-electron chi connectivity index (χ1n) is 4.49. The molecule has 1 aromatic carbocycles. The summed E-state index contributed by atoms with van der Waals surface area (Å²) >= 11 is 0. The Bertz CT molecular complexity index is 333. The van der Waals surface area contributed by atoms with Crippen LogP contribution in [0.25, 0.3) is 0 Å². The molecule has 2 nitrogen and oxygen atoms in total. The molecule has 0 aliphatic heterocycles. The first kappa shape index (κ1) is 8.30. The second kappa shape index (κ2) is 2.59. The van der Waals surface area contributed by atoms with Gasteiger partial charge in [-0.2, -0.15) is 0 Å². The molecule has 1 saturated carbocycles. The number of carbonyl (C=O) groups is 1. The van der Waals surface area contributed by atoms with Gasteiger partial charge >= 0.3 is 0 Å². The molecular weight excluding hydrogens is 162 g/mol. The van der Waals surface area contributed by atoms with Crippen LogP contribution in [0.15, 0.2) is 30.3 Å². The Balaban J connectivity index is 2.25. The van der Waals surface area contributed by atoms with Crippen molar-refractivity contribution in [3.8, 4) is 0 Å². The van der Waals surface area contributed by atoms with Gasteiger partial charge in [-0.3, -0.25) is 4.79 Å². The number of nitrogens with two attached hydrogens (primary N) is 1. The molecule has 1 fully saturated rings. The van der Waals surface area contributed by atoms with E-state index in [1.807, 2.05) is 18.2 Å². The van der Waals surface area contributed by atoms with Gasteiger partial charge in [-0.1, -0.05) is 37.3 Å². The zero-order valence-electron chi connectivity index (χ0n) is 7.66. The summed E-state index contributed by atoms with van der Waals surface area (Å²) < 4.78 is 0. The smallest absolute Gasteiger partial charge is 0.221 e. The van der Waals surface area contributed by atoms with Crippen LogP contribution >= 0.6 is 0 Å². The third kappa shape index (κ3) is 1.22. The van der Waals surface area contributed by atoms with E-state index in [0.717, 1.165) is 6.42 Å². The Morgan fingerprint density at radius 2 is 2.08 bits per heavy atom. The van der Waals surface area contributed by atoms with Crippen LogP contribution < -0.4 is 5.73 Å². The summed E-state index contributed by atoms with van der Waals surface area (Å²) in [5.41, 5.74) is 6.50. The minimum absolute atomic E-state index is 0.00704. The van der Waals surface area contributed by atoms with Crippen molar-refractivity contribution in [2.45, 2.75) is 18.8 Å². The van der Waals surface area contributed by atoms with Crippen molar-refractivity contribution >= 4 is 5.91 Å². The van der Waals surface area contributed by atoms with Gasteiger partial charge in [-0.25, -0.2) is 0 Å². The van der Waals surface area contributed by atoms with Crippen LogP contribution in [-0.2, 0) is 10.2 Å². The molecule has 2 atom stereocenters. The summed E-state index contributed by atoms with van der Waals surface area (Å²) in [6.45, 7) is 2.09. The fourth-order valence-electron chi connectivity index (χ4n) is 1.92. The van der Waals surface area contributed by atoms with Crippen LogP contribution in [0.5, 0.6) is 0 Å². The minimum Gasteiger partial charge on any atom is -0.369 e. The molecule has 1 aromatic rings. The van der Waals surface area contributed by atoms with E-state index in [2.05, 4.69) is 19.1 Å². The van der Waals surface area contributed by atoms with E-state index in [-0.39, 0.29) is 17.2 Å². The molecule has 0 saturated heterocycles. The average molecular weight is 175 g/mol. The molecule has 1 amide bonds. The maximum Gasteiger partial charge on any atom is 0.221 e. The number of hydrogen-bond acceptors (Lipinski definition) is 1. The number of rotatable bonds is 2. The molecule has 0 radical (unpaired) electrons.